The van der Waals surface area contributed by atoms with Crippen LogP contribution in [0.2, 0.25) is 15.1 Å². The second-order valence-corrected chi connectivity index (χ2v) is 6.38. The van der Waals surface area contributed by atoms with E-state index in [0.29, 0.717) is 16.3 Å². The van der Waals surface area contributed by atoms with E-state index in [0.717, 1.165) is 0 Å². The fourth-order valence-corrected chi connectivity index (χ4v) is 2.72. The van der Waals surface area contributed by atoms with Gasteiger partial charge in [-0.25, -0.2) is 4.79 Å². The summed E-state index contributed by atoms with van der Waals surface area (Å²) in [6, 6.07) is 11.0. The van der Waals surface area contributed by atoms with Crippen LogP contribution >= 0.6 is 34.8 Å². The van der Waals surface area contributed by atoms with Crippen molar-refractivity contribution >= 4 is 58.4 Å². The maximum Gasteiger partial charge on any atom is 0.341 e. The minimum absolute atomic E-state index is 0.00186. The van der Waals surface area contributed by atoms with E-state index in [1.165, 1.54) is 18.2 Å². The number of nitriles is 1. The van der Waals surface area contributed by atoms with E-state index in [1.807, 2.05) is 0 Å². The lowest BCUT2D eigenvalue weighted by molar-refractivity contribution is -0.139. The van der Waals surface area contributed by atoms with E-state index >= 15 is 0 Å². The first-order chi connectivity index (χ1) is 12.8. The summed E-state index contributed by atoms with van der Waals surface area (Å²) in [5.41, 5.74) is 0.658. The van der Waals surface area contributed by atoms with Crippen LogP contribution in [0.25, 0.3) is 6.08 Å². The van der Waals surface area contributed by atoms with E-state index in [1.54, 1.807) is 30.3 Å². The Balaban J connectivity index is 2.23. The molecule has 1 amide bonds. The maximum absolute atomic E-state index is 12.3. The minimum atomic E-state index is -1.18. The molecule has 2 aromatic rings. The molecule has 0 saturated carbocycles. The minimum Gasteiger partial charge on any atom is -0.479 e. The number of carboxylic acid groups (broad SMARTS) is 1. The summed E-state index contributed by atoms with van der Waals surface area (Å²) in [6.07, 6.45) is 1.30. The summed E-state index contributed by atoms with van der Waals surface area (Å²) in [6.45, 7) is -0.610. The molecular weight excluding hydrogens is 415 g/mol. The molecule has 138 valence electrons. The maximum atomic E-state index is 12.3. The lowest BCUT2D eigenvalue weighted by atomic mass is 10.1. The van der Waals surface area contributed by atoms with Gasteiger partial charge >= 0.3 is 5.97 Å². The van der Waals surface area contributed by atoms with Crippen LogP contribution in [0.1, 0.15) is 5.56 Å². The molecule has 0 atom stereocenters. The Hall–Kier alpha value is -2.72. The van der Waals surface area contributed by atoms with Gasteiger partial charge in [-0.05, 0) is 48.0 Å². The largest absolute Gasteiger partial charge is 0.479 e. The third kappa shape index (κ3) is 5.90. The number of anilines is 1. The molecule has 27 heavy (non-hydrogen) atoms. The number of hydrogen-bond donors (Lipinski definition) is 2. The van der Waals surface area contributed by atoms with Gasteiger partial charge in [-0.3, -0.25) is 4.79 Å². The van der Waals surface area contributed by atoms with Crippen molar-refractivity contribution in [3.8, 4) is 11.8 Å². The van der Waals surface area contributed by atoms with E-state index in [2.05, 4.69) is 5.32 Å². The van der Waals surface area contributed by atoms with Gasteiger partial charge in [0.05, 0.1) is 10.0 Å². The van der Waals surface area contributed by atoms with Gasteiger partial charge in [0, 0.05) is 10.7 Å². The standard InChI is InChI=1S/C18H11Cl3N2O4/c19-12-1-3-13(4-2-12)23-18(26)11(8-22)5-10-6-14(20)17(15(21)7-10)27-9-16(24)25/h1-7H,9H2,(H,23,26)(H,24,25)/b11-5-. The molecule has 0 aliphatic heterocycles. The number of carboxylic acids is 1. The number of benzene rings is 2. The first-order valence-corrected chi connectivity index (χ1v) is 8.46. The number of hydrogen-bond acceptors (Lipinski definition) is 4. The molecule has 6 nitrogen and oxygen atoms in total. The molecular formula is C18H11Cl3N2O4. The molecule has 2 N–H and O–H groups in total. The van der Waals surface area contributed by atoms with Crippen molar-refractivity contribution in [1.82, 2.24) is 0 Å². The third-order valence-electron chi connectivity index (χ3n) is 3.14. The molecule has 2 rings (SSSR count). The Bertz CT molecular complexity index is 927. The smallest absolute Gasteiger partial charge is 0.341 e. The number of carbonyl (C=O) groups excluding carboxylic acids is 1. The quantitative estimate of drug-likeness (QED) is 0.518. The number of nitrogens with one attached hydrogen (secondary N) is 1. The monoisotopic (exact) mass is 424 g/mol. The molecule has 0 spiro atoms. The van der Waals surface area contributed by atoms with Crippen LogP contribution in [0.4, 0.5) is 5.69 Å². The van der Waals surface area contributed by atoms with Crippen LogP contribution in [0.15, 0.2) is 42.0 Å². The molecule has 9 heteroatoms. The highest BCUT2D eigenvalue weighted by atomic mass is 35.5. The molecule has 0 aliphatic carbocycles. The lowest BCUT2D eigenvalue weighted by Gasteiger charge is -2.09. The molecule has 0 fully saturated rings. The van der Waals surface area contributed by atoms with Gasteiger partial charge in [-0.2, -0.15) is 5.26 Å². The van der Waals surface area contributed by atoms with Crippen LogP contribution in [0, 0.1) is 11.3 Å². The van der Waals surface area contributed by atoms with Gasteiger partial charge in [0.15, 0.2) is 12.4 Å². The number of carbonyl (C=O) groups is 2. The number of rotatable bonds is 6. The molecule has 0 bridgehead atoms. The molecule has 0 heterocycles. The van der Waals surface area contributed by atoms with E-state index in [-0.39, 0.29) is 21.4 Å². The van der Waals surface area contributed by atoms with Crippen molar-refractivity contribution in [3.63, 3.8) is 0 Å². The Morgan fingerprint density at radius 2 is 1.74 bits per heavy atom. The molecule has 0 radical (unpaired) electrons. The predicted molar refractivity (Wildman–Crippen MR) is 103 cm³/mol. The Kier molecular flexibility index (Phi) is 7.08. The molecule has 0 unspecified atom stereocenters. The van der Waals surface area contributed by atoms with Gasteiger partial charge in [0.2, 0.25) is 0 Å². The zero-order valence-corrected chi connectivity index (χ0v) is 15.8. The number of aliphatic carboxylic acids is 1. The van der Waals surface area contributed by atoms with Gasteiger partial charge in [0.1, 0.15) is 11.6 Å². The number of amides is 1. The van der Waals surface area contributed by atoms with Crippen LogP contribution < -0.4 is 10.1 Å². The summed E-state index contributed by atoms with van der Waals surface area (Å²) in [5, 5.41) is 21.1. The van der Waals surface area contributed by atoms with Gasteiger partial charge in [-0.1, -0.05) is 34.8 Å². The van der Waals surface area contributed by atoms with E-state index in [4.69, 9.17) is 44.6 Å². The predicted octanol–water partition coefficient (Wildman–Crippen LogP) is 4.66. The summed E-state index contributed by atoms with van der Waals surface area (Å²) < 4.78 is 5.01. The van der Waals surface area contributed by atoms with Crippen molar-refractivity contribution in [2.24, 2.45) is 0 Å². The van der Waals surface area contributed by atoms with E-state index < -0.39 is 18.5 Å². The first-order valence-electron chi connectivity index (χ1n) is 7.32. The Labute approximate surface area is 169 Å². The molecule has 0 aromatic heterocycles. The normalized spacial score (nSPS) is 10.8. The van der Waals surface area contributed by atoms with Crippen LogP contribution in [0.5, 0.6) is 5.75 Å². The zero-order valence-electron chi connectivity index (χ0n) is 13.5. The highest BCUT2D eigenvalue weighted by Gasteiger charge is 2.14. The number of ether oxygens (including phenoxy) is 1. The van der Waals surface area contributed by atoms with Gasteiger partial charge in [-0.15, -0.1) is 0 Å². The van der Waals surface area contributed by atoms with Crippen molar-refractivity contribution in [2.45, 2.75) is 0 Å². The fraction of sp³-hybridized carbons (Fsp3) is 0.0556. The average Bonchev–Trinajstić information content (AvgIpc) is 2.60. The summed E-state index contributed by atoms with van der Waals surface area (Å²) in [7, 11) is 0. The summed E-state index contributed by atoms with van der Waals surface area (Å²) in [4.78, 5) is 22.8. The second kappa shape index (κ2) is 9.28. The van der Waals surface area contributed by atoms with Crippen molar-refractivity contribution < 1.29 is 19.4 Å². The zero-order chi connectivity index (χ0) is 20.0. The number of halogens is 3. The van der Waals surface area contributed by atoms with Crippen molar-refractivity contribution in [2.75, 3.05) is 11.9 Å². The van der Waals surface area contributed by atoms with Gasteiger partial charge in [0.25, 0.3) is 5.91 Å². The molecule has 0 aliphatic rings. The average molecular weight is 426 g/mol. The Morgan fingerprint density at radius 3 is 2.26 bits per heavy atom. The highest BCUT2D eigenvalue weighted by Crippen LogP contribution is 2.35. The lowest BCUT2D eigenvalue weighted by Crippen LogP contribution is -2.13. The van der Waals surface area contributed by atoms with Gasteiger partial charge < -0.3 is 15.2 Å². The summed E-state index contributed by atoms with van der Waals surface area (Å²) >= 11 is 17.9. The van der Waals surface area contributed by atoms with Crippen molar-refractivity contribution in [1.29, 1.82) is 5.26 Å². The number of nitrogens with zero attached hydrogens (tertiary/aromatic N) is 1. The van der Waals surface area contributed by atoms with Crippen LogP contribution in [-0.4, -0.2) is 23.6 Å². The SMILES string of the molecule is N#C/C(=C/c1cc(Cl)c(OCC(=O)O)c(Cl)c1)C(=O)Nc1ccc(Cl)cc1. The highest BCUT2D eigenvalue weighted by molar-refractivity contribution is 6.37. The fourth-order valence-electron chi connectivity index (χ4n) is 1.98. The first kappa shape index (κ1) is 20.6. The summed E-state index contributed by atoms with van der Waals surface area (Å²) in [5.74, 6) is -1.81. The topological polar surface area (TPSA) is 99.4 Å². The van der Waals surface area contributed by atoms with Crippen LogP contribution in [-0.2, 0) is 9.59 Å². The van der Waals surface area contributed by atoms with Crippen LogP contribution in [0.3, 0.4) is 0 Å². The second-order valence-electron chi connectivity index (χ2n) is 5.13. The third-order valence-corrected chi connectivity index (χ3v) is 3.95. The Morgan fingerprint density at radius 1 is 1.15 bits per heavy atom. The van der Waals surface area contributed by atoms with E-state index in [9.17, 15) is 14.9 Å². The van der Waals surface area contributed by atoms with Crippen molar-refractivity contribution in [3.05, 3.63) is 62.6 Å². The molecule has 2 aromatic carbocycles. The molecule has 0 saturated heterocycles.